The van der Waals surface area contributed by atoms with Crippen LogP contribution in [0.4, 0.5) is 0 Å². The van der Waals surface area contributed by atoms with Crippen molar-refractivity contribution in [2.75, 3.05) is 0 Å². The summed E-state index contributed by atoms with van der Waals surface area (Å²) in [5, 5.41) is 0. The summed E-state index contributed by atoms with van der Waals surface area (Å²) in [5.74, 6) is 0. The lowest BCUT2D eigenvalue weighted by Crippen LogP contribution is -2.05. The molecule has 1 nitrogen and oxygen atoms in total. The Kier molecular flexibility index (Phi) is 2.88. The van der Waals surface area contributed by atoms with Crippen LogP contribution in [-0.4, -0.2) is 0 Å². The molecule has 1 atom stereocenters. The second-order valence-corrected chi connectivity index (χ2v) is 3.39. The van der Waals surface area contributed by atoms with Crippen LogP contribution in [0.15, 0.2) is 18.2 Å². The zero-order valence-corrected chi connectivity index (χ0v) is 8.09. The number of nitrogens with two attached hydrogens (primary N) is 1. The Labute approximate surface area is 74.6 Å². The monoisotopic (exact) mass is 163 g/mol. The maximum absolute atomic E-state index is 5.81. The van der Waals surface area contributed by atoms with E-state index in [2.05, 4.69) is 32.0 Å². The van der Waals surface area contributed by atoms with Gasteiger partial charge in [-0.15, -0.1) is 0 Å². The highest BCUT2D eigenvalue weighted by molar-refractivity contribution is 5.30. The third kappa shape index (κ3) is 2.08. The molecule has 2 N–H and O–H groups in total. The predicted octanol–water partition coefficient (Wildman–Crippen LogP) is 2.58. The SMILES string of the molecule is CCc1cc(C)cc(C(C)N)c1. The van der Waals surface area contributed by atoms with Gasteiger partial charge in [0.25, 0.3) is 0 Å². The molecule has 0 radical (unpaired) electrons. The van der Waals surface area contributed by atoms with Gasteiger partial charge in [-0.2, -0.15) is 0 Å². The van der Waals surface area contributed by atoms with Crippen molar-refractivity contribution < 1.29 is 0 Å². The third-order valence-corrected chi connectivity index (χ3v) is 2.09. The summed E-state index contributed by atoms with van der Waals surface area (Å²) < 4.78 is 0. The molecular weight excluding hydrogens is 146 g/mol. The summed E-state index contributed by atoms with van der Waals surface area (Å²) in [6.45, 7) is 6.30. The number of benzene rings is 1. The second kappa shape index (κ2) is 3.72. The van der Waals surface area contributed by atoms with E-state index in [0.717, 1.165) is 6.42 Å². The topological polar surface area (TPSA) is 26.0 Å². The van der Waals surface area contributed by atoms with Gasteiger partial charge in [-0.3, -0.25) is 0 Å². The standard InChI is InChI=1S/C11H17N/c1-4-10-5-8(2)6-11(7-10)9(3)12/h5-7,9H,4,12H2,1-3H3. The maximum atomic E-state index is 5.81. The van der Waals surface area contributed by atoms with Gasteiger partial charge in [0, 0.05) is 6.04 Å². The van der Waals surface area contributed by atoms with Gasteiger partial charge in [-0.05, 0) is 31.4 Å². The summed E-state index contributed by atoms with van der Waals surface area (Å²) in [7, 11) is 0. The Morgan fingerprint density at radius 2 is 2.00 bits per heavy atom. The minimum absolute atomic E-state index is 0.148. The van der Waals surface area contributed by atoms with Gasteiger partial charge in [0.2, 0.25) is 0 Å². The van der Waals surface area contributed by atoms with Crippen LogP contribution >= 0.6 is 0 Å². The molecule has 0 aromatic heterocycles. The first kappa shape index (κ1) is 9.27. The van der Waals surface area contributed by atoms with Gasteiger partial charge in [0.15, 0.2) is 0 Å². The van der Waals surface area contributed by atoms with E-state index in [1.165, 1.54) is 16.7 Å². The molecule has 1 heteroatoms. The highest BCUT2D eigenvalue weighted by atomic mass is 14.6. The zero-order chi connectivity index (χ0) is 9.14. The second-order valence-electron chi connectivity index (χ2n) is 3.39. The summed E-state index contributed by atoms with van der Waals surface area (Å²) >= 11 is 0. The van der Waals surface area contributed by atoms with Crippen molar-refractivity contribution in [3.8, 4) is 0 Å². The zero-order valence-electron chi connectivity index (χ0n) is 8.09. The van der Waals surface area contributed by atoms with Gasteiger partial charge in [0.05, 0.1) is 0 Å². The first-order valence-electron chi connectivity index (χ1n) is 4.49. The lowest BCUT2D eigenvalue weighted by Gasteiger charge is -2.08. The van der Waals surface area contributed by atoms with Crippen molar-refractivity contribution in [2.24, 2.45) is 5.73 Å². The molecular formula is C11H17N. The molecule has 0 saturated heterocycles. The van der Waals surface area contributed by atoms with Crippen molar-refractivity contribution in [3.63, 3.8) is 0 Å². The van der Waals surface area contributed by atoms with Crippen molar-refractivity contribution >= 4 is 0 Å². The van der Waals surface area contributed by atoms with Crippen LogP contribution in [0.2, 0.25) is 0 Å². The normalized spacial score (nSPS) is 13.0. The minimum Gasteiger partial charge on any atom is -0.324 e. The lowest BCUT2D eigenvalue weighted by atomic mass is 10.0. The van der Waals surface area contributed by atoms with Crippen molar-refractivity contribution in [3.05, 3.63) is 34.9 Å². The quantitative estimate of drug-likeness (QED) is 0.712. The summed E-state index contributed by atoms with van der Waals surface area (Å²) in [4.78, 5) is 0. The highest BCUT2D eigenvalue weighted by Gasteiger charge is 2.00. The van der Waals surface area contributed by atoms with Gasteiger partial charge in [-0.25, -0.2) is 0 Å². The lowest BCUT2D eigenvalue weighted by molar-refractivity contribution is 0.813. The van der Waals surface area contributed by atoms with Gasteiger partial charge in [0.1, 0.15) is 0 Å². The Hall–Kier alpha value is -0.820. The fourth-order valence-corrected chi connectivity index (χ4v) is 1.36. The molecule has 12 heavy (non-hydrogen) atoms. The molecule has 1 unspecified atom stereocenters. The fourth-order valence-electron chi connectivity index (χ4n) is 1.36. The molecule has 1 rings (SSSR count). The number of hydrogen-bond donors (Lipinski definition) is 1. The van der Waals surface area contributed by atoms with E-state index >= 15 is 0 Å². The predicted molar refractivity (Wildman–Crippen MR) is 53.2 cm³/mol. The molecule has 0 aliphatic rings. The molecule has 0 aliphatic carbocycles. The number of hydrogen-bond acceptors (Lipinski definition) is 1. The average molecular weight is 163 g/mol. The Bertz CT molecular complexity index is 264. The van der Waals surface area contributed by atoms with E-state index in [-0.39, 0.29) is 6.04 Å². The molecule has 0 spiro atoms. The van der Waals surface area contributed by atoms with Crippen LogP contribution in [0, 0.1) is 6.92 Å². The number of rotatable bonds is 2. The summed E-state index contributed by atoms with van der Waals surface area (Å²) in [5.41, 5.74) is 9.73. The van der Waals surface area contributed by atoms with Crippen LogP contribution in [0.25, 0.3) is 0 Å². The largest absolute Gasteiger partial charge is 0.324 e. The summed E-state index contributed by atoms with van der Waals surface area (Å²) in [6, 6.07) is 6.71. The summed E-state index contributed by atoms with van der Waals surface area (Å²) in [6.07, 6.45) is 1.08. The van der Waals surface area contributed by atoms with Crippen LogP contribution in [0.5, 0.6) is 0 Å². The number of aryl methyl sites for hydroxylation is 2. The van der Waals surface area contributed by atoms with E-state index in [9.17, 15) is 0 Å². The Balaban J connectivity index is 3.06. The molecule has 0 aliphatic heterocycles. The van der Waals surface area contributed by atoms with Gasteiger partial charge < -0.3 is 5.73 Å². The maximum Gasteiger partial charge on any atom is 0.0266 e. The van der Waals surface area contributed by atoms with Crippen LogP contribution < -0.4 is 5.73 Å². The van der Waals surface area contributed by atoms with E-state index < -0.39 is 0 Å². The molecule has 1 aromatic carbocycles. The molecule has 0 fully saturated rings. The van der Waals surface area contributed by atoms with Crippen LogP contribution in [-0.2, 0) is 6.42 Å². The van der Waals surface area contributed by atoms with E-state index in [4.69, 9.17) is 5.73 Å². The van der Waals surface area contributed by atoms with Crippen molar-refractivity contribution in [1.29, 1.82) is 0 Å². The molecule has 0 amide bonds. The smallest absolute Gasteiger partial charge is 0.0266 e. The minimum atomic E-state index is 0.148. The van der Waals surface area contributed by atoms with Crippen LogP contribution in [0.1, 0.15) is 36.6 Å². The van der Waals surface area contributed by atoms with Gasteiger partial charge in [-0.1, -0.05) is 30.7 Å². The fraction of sp³-hybridized carbons (Fsp3) is 0.455. The van der Waals surface area contributed by atoms with E-state index in [1.807, 2.05) is 6.92 Å². The van der Waals surface area contributed by atoms with Crippen molar-refractivity contribution in [1.82, 2.24) is 0 Å². The van der Waals surface area contributed by atoms with Crippen molar-refractivity contribution in [2.45, 2.75) is 33.2 Å². The first-order valence-corrected chi connectivity index (χ1v) is 4.49. The molecule has 0 heterocycles. The first-order chi connectivity index (χ1) is 5.63. The molecule has 0 bridgehead atoms. The molecule has 0 saturated carbocycles. The third-order valence-electron chi connectivity index (χ3n) is 2.09. The average Bonchev–Trinajstić information content (AvgIpc) is 2.03. The molecule has 66 valence electrons. The van der Waals surface area contributed by atoms with Gasteiger partial charge >= 0.3 is 0 Å². The van der Waals surface area contributed by atoms with E-state index in [1.54, 1.807) is 0 Å². The Morgan fingerprint density at radius 3 is 2.50 bits per heavy atom. The van der Waals surface area contributed by atoms with E-state index in [0.29, 0.717) is 0 Å². The highest BCUT2D eigenvalue weighted by Crippen LogP contribution is 2.15. The molecule has 1 aromatic rings. The van der Waals surface area contributed by atoms with Crippen LogP contribution in [0.3, 0.4) is 0 Å². The Morgan fingerprint density at radius 1 is 1.33 bits per heavy atom.